The number of rotatable bonds is 15. The van der Waals surface area contributed by atoms with E-state index in [9.17, 15) is 14.4 Å². The Morgan fingerprint density at radius 1 is 0.957 bits per heavy atom. The number of unbranched alkanes of at least 4 members (excludes halogenated alkanes) is 4. The van der Waals surface area contributed by atoms with E-state index in [2.05, 4.69) is 24.1 Å². The second-order valence-electron chi connectivity index (χ2n) is 12.5. The summed E-state index contributed by atoms with van der Waals surface area (Å²) in [7, 11) is 0. The summed E-state index contributed by atoms with van der Waals surface area (Å²) in [6, 6.07) is 20.3. The van der Waals surface area contributed by atoms with E-state index in [4.69, 9.17) is 16.3 Å². The Balaban J connectivity index is 2.11. The number of hydrogen-bond acceptors (Lipinski definition) is 4. The van der Waals surface area contributed by atoms with Gasteiger partial charge in [-0.3, -0.25) is 9.59 Å². The highest BCUT2D eigenvalue weighted by atomic mass is 35.5. The predicted octanol–water partition coefficient (Wildman–Crippen LogP) is 8.91. The SMILES string of the molecule is C=Cc1cccc(C(C(=O)Nc2c(C)cccc2Cl)N(CCCCCCC)C(=O)C(Cc2ccccc2)NC(=O)OC(C)(C)C)c1. The molecule has 0 saturated carbocycles. The molecule has 8 heteroatoms. The molecule has 0 heterocycles. The van der Waals surface area contributed by atoms with Gasteiger partial charge in [-0.15, -0.1) is 0 Å². The van der Waals surface area contributed by atoms with Crippen LogP contribution in [-0.4, -0.2) is 41.0 Å². The van der Waals surface area contributed by atoms with Gasteiger partial charge < -0.3 is 20.3 Å². The summed E-state index contributed by atoms with van der Waals surface area (Å²) in [4.78, 5) is 43.8. The summed E-state index contributed by atoms with van der Waals surface area (Å²) >= 11 is 6.53. The molecule has 0 aliphatic rings. The molecular weight excluding hydrogens is 598 g/mol. The fourth-order valence-electron chi connectivity index (χ4n) is 5.26. The zero-order chi connectivity index (χ0) is 33.7. The molecule has 2 atom stereocenters. The lowest BCUT2D eigenvalue weighted by molar-refractivity contribution is -0.140. The summed E-state index contributed by atoms with van der Waals surface area (Å²) in [5.41, 5.74) is 2.82. The summed E-state index contributed by atoms with van der Waals surface area (Å²) in [6.45, 7) is 13.5. The van der Waals surface area contributed by atoms with Crippen LogP contribution >= 0.6 is 11.6 Å². The van der Waals surface area contributed by atoms with E-state index < -0.39 is 29.7 Å². The molecule has 0 radical (unpaired) electrons. The smallest absolute Gasteiger partial charge is 0.408 e. The number of hydrogen-bond donors (Lipinski definition) is 2. The molecule has 246 valence electrons. The average Bonchev–Trinajstić information content (AvgIpc) is 3.01. The summed E-state index contributed by atoms with van der Waals surface area (Å²) < 4.78 is 5.56. The Kier molecular flexibility index (Phi) is 13.9. The molecule has 3 aromatic carbocycles. The zero-order valence-electron chi connectivity index (χ0n) is 27.8. The fourth-order valence-corrected chi connectivity index (χ4v) is 5.53. The lowest BCUT2D eigenvalue weighted by Gasteiger charge is -2.35. The van der Waals surface area contributed by atoms with Gasteiger partial charge in [-0.25, -0.2) is 4.79 Å². The van der Waals surface area contributed by atoms with Crippen LogP contribution in [0.3, 0.4) is 0 Å². The van der Waals surface area contributed by atoms with E-state index in [1.807, 2.05) is 73.7 Å². The van der Waals surface area contributed by atoms with Crippen LogP contribution in [0.4, 0.5) is 10.5 Å². The van der Waals surface area contributed by atoms with Crippen molar-refractivity contribution in [3.05, 3.63) is 107 Å². The number of benzene rings is 3. The number of ether oxygens (including phenoxy) is 1. The Morgan fingerprint density at radius 3 is 2.30 bits per heavy atom. The lowest BCUT2D eigenvalue weighted by Crippen LogP contribution is -2.53. The third-order valence-corrected chi connectivity index (χ3v) is 7.86. The molecule has 0 fully saturated rings. The van der Waals surface area contributed by atoms with Crippen LogP contribution in [-0.2, 0) is 20.7 Å². The van der Waals surface area contributed by atoms with Crippen LogP contribution in [0.25, 0.3) is 6.08 Å². The largest absolute Gasteiger partial charge is 0.444 e. The van der Waals surface area contributed by atoms with Crippen LogP contribution in [0.1, 0.15) is 88.1 Å². The van der Waals surface area contributed by atoms with Crippen LogP contribution in [0.2, 0.25) is 5.02 Å². The highest BCUT2D eigenvalue weighted by Crippen LogP contribution is 2.30. The number of para-hydroxylation sites is 1. The first-order chi connectivity index (χ1) is 21.9. The van der Waals surface area contributed by atoms with Gasteiger partial charge in [0, 0.05) is 13.0 Å². The van der Waals surface area contributed by atoms with Crippen molar-refractivity contribution in [3.8, 4) is 0 Å². The number of alkyl carbamates (subject to hydrolysis) is 1. The number of halogens is 1. The standard InChI is InChI=1S/C38H48ClN3O4/c1-7-9-10-11-15-24-42(36(44)32(26-29-19-13-12-14-20-29)40-37(45)46-38(4,5)6)34(30-22-17-21-28(8-2)25-30)35(43)41-33-27(3)18-16-23-31(33)39/h8,12-14,16-23,25,32,34H,2,7,9-11,15,24,26H2,1,3-6H3,(H,40,45)(H,41,43). The number of nitrogens with one attached hydrogen (secondary N) is 2. The van der Waals surface area contributed by atoms with E-state index in [-0.39, 0.29) is 12.3 Å². The van der Waals surface area contributed by atoms with Crippen molar-refractivity contribution in [1.82, 2.24) is 10.2 Å². The van der Waals surface area contributed by atoms with Gasteiger partial charge in [-0.1, -0.05) is 118 Å². The van der Waals surface area contributed by atoms with Gasteiger partial charge in [-0.05, 0) is 68.5 Å². The predicted molar refractivity (Wildman–Crippen MR) is 188 cm³/mol. The lowest BCUT2D eigenvalue weighted by atomic mass is 9.98. The molecule has 2 unspecified atom stereocenters. The highest BCUT2D eigenvalue weighted by Gasteiger charge is 2.36. The first-order valence-electron chi connectivity index (χ1n) is 16.1. The van der Waals surface area contributed by atoms with E-state index in [1.165, 1.54) is 0 Å². The first kappa shape index (κ1) is 36.4. The minimum absolute atomic E-state index is 0.218. The number of carbonyl (C=O) groups excluding carboxylic acids is 3. The van der Waals surface area contributed by atoms with Crippen LogP contribution < -0.4 is 10.6 Å². The van der Waals surface area contributed by atoms with E-state index in [0.29, 0.717) is 29.2 Å². The Hall–Kier alpha value is -4.10. The number of nitrogens with zero attached hydrogens (tertiary/aromatic N) is 1. The van der Waals surface area contributed by atoms with Crippen molar-refractivity contribution >= 4 is 41.3 Å². The van der Waals surface area contributed by atoms with Gasteiger partial charge in [0.1, 0.15) is 17.7 Å². The maximum atomic E-state index is 14.8. The highest BCUT2D eigenvalue weighted by molar-refractivity contribution is 6.34. The maximum absolute atomic E-state index is 14.8. The number of amides is 3. The fraction of sp³-hybridized carbons (Fsp3) is 0.395. The number of aryl methyl sites for hydroxylation is 1. The van der Waals surface area contributed by atoms with Crippen LogP contribution in [0.15, 0.2) is 79.4 Å². The first-order valence-corrected chi connectivity index (χ1v) is 16.4. The summed E-state index contributed by atoms with van der Waals surface area (Å²) in [5, 5.41) is 6.25. The van der Waals surface area contributed by atoms with Crippen molar-refractivity contribution < 1.29 is 19.1 Å². The molecule has 46 heavy (non-hydrogen) atoms. The molecule has 2 N–H and O–H groups in total. The monoisotopic (exact) mass is 645 g/mol. The molecule has 0 aromatic heterocycles. The van der Waals surface area contributed by atoms with Crippen molar-refractivity contribution in [3.63, 3.8) is 0 Å². The second kappa shape index (κ2) is 17.6. The molecule has 3 rings (SSSR count). The molecule has 0 aliphatic heterocycles. The summed E-state index contributed by atoms with van der Waals surface area (Å²) in [6.07, 6.45) is 5.98. The molecule has 0 saturated heterocycles. The van der Waals surface area contributed by atoms with Crippen molar-refractivity contribution in [2.45, 2.75) is 90.8 Å². The van der Waals surface area contributed by atoms with Crippen molar-refractivity contribution in [2.24, 2.45) is 0 Å². The van der Waals surface area contributed by atoms with Gasteiger partial charge >= 0.3 is 6.09 Å². The molecule has 0 spiro atoms. The van der Waals surface area contributed by atoms with E-state index in [0.717, 1.165) is 42.4 Å². The molecular formula is C38H48ClN3O4. The third-order valence-electron chi connectivity index (χ3n) is 7.55. The Bertz CT molecular complexity index is 1450. The Morgan fingerprint density at radius 2 is 1.65 bits per heavy atom. The van der Waals surface area contributed by atoms with Crippen LogP contribution in [0, 0.1) is 6.92 Å². The topological polar surface area (TPSA) is 87.7 Å². The average molecular weight is 646 g/mol. The van der Waals surface area contributed by atoms with E-state index >= 15 is 0 Å². The molecule has 0 aliphatic carbocycles. The number of carbonyl (C=O) groups is 3. The Labute approximate surface area is 279 Å². The van der Waals surface area contributed by atoms with Gasteiger partial charge in [0.15, 0.2) is 0 Å². The third kappa shape index (κ3) is 11.1. The molecule has 3 aromatic rings. The minimum atomic E-state index is -1.02. The number of anilines is 1. The quantitative estimate of drug-likeness (QED) is 0.162. The second-order valence-corrected chi connectivity index (χ2v) is 12.9. The molecule has 7 nitrogen and oxygen atoms in total. The van der Waals surface area contributed by atoms with Crippen LogP contribution in [0.5, 0.6) is 0 Å². The van der Waals surface area contributed by atoms with Crippen molar-refractivity contribution in [2.75, 3.05) is 11.9 Å². The van der Waals surface area contributed by atoms with E-state index in [1.54, 1.807) is 37.8 Å². The van der Waals surface area contributed by atoms with Gasteiger partial charge in [0.2, 0.25) is 5.91 Å². The summed E-state index contributed by atoms with van der Waals surface area (Å²) in [5.74, 6) is -0.791. The molecule has 3 amide bonds. The van der Waals surface area contributed by atoms with Crippen molar-refractivity contribution in [1.29, 1.82) is 0 Å². The van der Waals surface area contributed by atoms with Gasteiger partial charge in [0.25, 0.3) is 5.91 Å². The van der Waals surface area contributed by atoms with Gasteiger partial charge in [-0.2, -0.15) is 0 Å². The maximum Gasteiger partial charge on any atom is 0.408 e. The normalized spacial score (nSPS) is 12.5. The van der Waals surface area contributed by atoms with Gasteiger partial charge in [0.05, 0.1) is 10.7 Å². The minimum Gasteiger partial charge on any atom is -0.444 e. The zero-order valence-corrected chi connectivity index (χ0v) is 28.5. The molecule has 0 bridgehead atoms.